The summed E-state index contributed by atoms with van der Waals surface area (Å²) < 4.78 is 64.4. The lowest BCUT2D eigenvalue weighted by molar-refractivity contribution is -0.137. The zero-order valence-electron chi connectivity index (χ0n) is 9.15. The zero-order chi connectivity index (χ0) is 13.3. The Labute approximate surface area is 97.3 Å². The number of hydrogen-bond acceptors (Lipinski definition) is 3. The summed E-state index contributed by atoms with van der Waals surface area (Å²) in [5, 5.41) is 0. The SMILES string of the molecule is CC(C)OS(=O)(=O)c1ccc(C(F)(F)F)cc1. The molecule has 96 valence electrons. The molecule has 0 aromatic heterocycles. The summed E-state index contributed by atoms with van der Waals surface area (Å²) in [4.78, 5) is -0.292. The molecule has 3 nitrogen and oxygen atoms in total. The van der Waals surface area contributed by atoms with E-state index in [1.807, 2.05) is 0 Å². The Kier molecular flexibility index (Phi) is 3.83. The van der Waals surface area contributed by atoms with Gasteiger partial charge >= 0.3 is 6.18 Å². The van der Waals surface area contributed by atoms with Gasteiger partial charge in [-0.15, -0.1) is 0 Å². The fourth-order valence-electron chi connectivity index (χ4n) is 1.12. The highest BCUT2D eigenvalue weighted by Gasteiger charge is 2.30. The Hall–Kier alpha value is -1.08. The van der Waals surface area contributed by atoms with E-state index in [0.29, 0.717) is 12.1 Å². The Balaban J connectivity index is 3.03. The van der Waals surface area contributed by atoms with Crippen LogP contribution < -0.4 is 0 Å². The van der Waals surface area contributed by atoms with Crippen LogP contribution in [0, 0.1) is 0 Å². The second kappa shape index (κ2) is 4.66. The van der Waals surface area contributed by atoms with E-state index in [1.165, 1.54) is 13.8 Å². The molecule has 0 aliphatic heterocycles. The summed E-state index contributed by atoms with van der Waals surface area (Å²) in [5.41, 5.74) is -0.902. The lowest BCUT2D eigenvalue weighted by Gasteiger charge is -2.10. The second-order valence-corrected chi connectivity index (χ2v) is 5.19. The second-order valence-electron chi connectivity index (χ2n) is 3.62. The fraction of sp³-hybridized carbons (Fsp3) is 0.400. The maximum atomic E-state index is 12.2. The van der Waals surface area contributed by atoms with Crippen LogP contribution in [-0.2, 0) is 20.5 Å². The van der Waals surface area contributed by atoms with Crippen LogP contribution in [0.4, 0.5) is 13.2 Å². The summed E-state index contributed by atoms with van der Waals surface area (Å²) in [7, 11) is -3.99. The van der Waals surface area contributed by atoms with Crippen molar-refractivity contribution in [2.75, 3.05) is 0 Å². The Morgan fingerprint density at radius 1 is 1.12 bits per heavy atom. The number of rotatable bonds is 3. The van der Waals surface area contributed by atoms with Gasteiger partial charge in [-0.1, -0.05) is 0 Å². The van der Waals surface area contributed by atoms with Gasteiger partial charge in [-0.2, -0.15) is 21.6 Å². The monoisotopic (exact) mass is 268 g/mol. The molecule has 0 amide bonds. The smallest absolute Gasteiger partial charge is 0.264 e. The van der Waals surface area contributed by atoms with Crippen molar-refractivity contribution in [1.29, 1.82) is 0 Å². The molecular formula is C10H11F3O3S. The van der Waals surface area contributed by atoms with Crippen LogP contribution in [-0.4, -0.2) is 14.5 Å². The molecule has 0 unspecified atom stereocenters. The van der Waals surface area contributed by atoms with Gasteiger partial charge in [0.1, 0.15) is 0 Å². The highest BCUT2D eigenvalue weighted by molar-refractivity contribution is 7.86. The molecule has 7 heteroatoms. The van der Waals surface area contributed by atoms with Gasteiger partial charge in [-0.3, -0.25) is 4.18 Å². The van der Waals surface area contributed by atoms with Gasteiger partial charge in [0, 0.05) is 0 Å². The number of alkyl halides is 3. The van der Waals surface area contributed by atoms with Gasteiger partial charge < -0.3 is 0 Å². The lowest BCUT2D eigenvalue weighted by Crippen LogP contribution is -2.13. The first-order chi connectivity index (χ1) is 7.63. The summed E-state index contributed by atoms with van der Waals surface area (Å²) in [6.07, 6.45) is -5.05. The maximum Gasteiger partial charge on any atom is 0.416 e. The average Bonchev–Trinajstić information content (AvgIpc) is 2.14. The van der Waals surface area contributed by atoms with Gasteiger partial charge in [0.15, 0.2) is 0 Å². The molecule has 0 saturated carbocycles. The third-order valence-electron chi connectivity index (χ3n) is 1.79. The van der Waals surface area contributed by atoms with Gasteiger partial charge in [0.05, 0.1) is 16.6 Å². The summed E-state index contributed by atoms with van der Waals surface area (Å²) >= 11 is 0. The van der Waals surface area contributed by atoms with E-state index in [2.05, 4.69) is 4.18 Å². The normalized spacial score (nSPS) is 13.1. The van der Waals surface area contributed by atoms with Gasteiger partial charge in [-0.25, -0.2) is 0 Å². The first-order valence-electron chi connectivity index (χ1n) is 4.73. The van der Waals surface area contributed by atoms with Crippen molar-refractivity contribution in [3.05, 3.63) is 29.8 Å². The summed E-state index contributed by atoms with van der Waals surface area (Å²) in [5.74, 6) is 0. The van der Waals surface area contributed by atoms with Crippen molar-refractivity contribution >= 4 is 10.1 Å². The van der Waals surface area contributed by atoms with E-state index in [4.69, 9.17) is 0 Å². The molecule has 17 heavy (non-hydrogen) atoms. The number of halogens is 3. The minimum absolute atomic E-state index is 0.292. The number of benzene rings is 1. The fourth-order valence-corrected chi connectivity index (χ4v) is 2.21. The van der Waals surface area contributed by atoms with E-state index in [1.54, 1.807) is 0 Å². The molecule has 0 spiro atoms. The van der Waals surface area contributed by atoms with Gasteiger partial charge in [-0.05, 0) is 38.1 Å². The van der Waals surface area contributed by atoms with Crippen LogP contribution in [0.25, 0.3) is 0 Å². The minimum atomic E-state index is -4.48. The molecule has 1 rings (SSSR count). The van der Waals surface area contributed by atoms with E-state index in [0.717, 1.165) is 12.1 Å². The zero-order valence-corrected chi connectivity index (χ0v) is 9.97. The first-order valence-corrected chi connectivity index (χ1v) is 6.14. The van der Waals surface area contributed by atoms with Crippen LogP contribution in [0.15, 0.2) is 29.2 Å². The molecule has 1 aromatic carbocycles. The third-order valence-corrected chi connectivity index (χ3v) is 3.28. The summed E-state index contributed by atoms with van der Waals surface area (Å²) in [6, 6.07) is 3.16. The molecule has 0 radical (unpaired) electrons. The summed E-state index contributed by atoms with van der Waals surface area (Å²) in [6.45, 7) is 3.03. The van der Waals surface area contributed by atoms with E-state index < -0.39 is 28.0 Å². The number of hydrogen-bond donors (Lipinski definition) is 0. The lowest BCUT2D eigenvalue weighted by atomic mass is 10.2. The molecule has 0 heterocycles. The molecule has 0 bridgehead atoms. The van der Waals surface area contributed by atoms with Crippen molar-refractivity contribution in [2.45, 2.75) is 31.0 Å². The standard InChI is InChI=1S/C10H11F3O3S/c1-7(2)16-17(14,15)9-5-3-8(4-6-9)10(11,12)13/h3-7H,1-2H3. The van der Waals surface area contributed by atoms with Crippen molar-refractivity contribution < 1.29 is 25.8 Å². The molecule has 1 aromatic rings. The minimum Gasteiger partial charge on any atom is -0.264 e. The van der Waals surface area contributed by atoms with E-state index >= 15 is 0 Å². The van der Waals surface area contributed by atoms with E-state index in [-0.39, 0.29) is 4.90 Å². The molecule has 0 saturated heterocycles. The van der Waals surface area contributed by atoms with Crippen LogP contribution in [0.3, 0.4) is 0 Å². The largest absolute Gasteiger partial charge is 0.416 e. The van der Waals surface area contributed by atoms with E-state index in [9.17, 15) is 21.6 Å². The van der Waals surface area contributed by atoms with Crippen LogP contribution in [0.1, 0.15) is 19.4 Å². The Bertz CT molecular complexity index is 475. The van der Waals surface area contributed by atoms with Gasteiger partial charge in [0.25, 0.3) is 10.1 Å². The highest BCUT2D eigenvalue weighted by Crippen LogP contribution is 2.30. The van der Waals surface area contributed by atoms with Crippen molar-refractivity contribution in [2.24, 2.45) is 0 Å². The molecule has 0 atom stereocenters. The van der Waals surface area contributed by atoms with Crippen molar-refractivity contribution in [3.63, 3.8) is 0 Å². The predicted octanol–water partition coefficient (Wildman–Crippen LogP) is 2.82. The quantitative estimate of drug-likeness (QED) is 0.792. The maximum absolute atomic E-state index is 12.2. The van der Waals surface area contributed by atoms with Crippen LogP contribution >= 0.6 is 0 Å². The Morgan fingerprint density at radius 2 is 1.59 bits per heavy atom. The topological polar surface area (TPSA) is 43.4 Å². The predicted molar refractivity (Wildman–Crippen MR) is 54.9 cm³/mol. The van der Waals surface area contributed by atoms with Crippen LogP contribution in [0.5, 0.6) is 0 Å². The van der Waals surface area contributed by atoms with Crippen molar-refractivity contribution in [1.82, 2.24) is 0 Å². The highest BCUT2D eigenvalue weighted by atomic mass is 32.2. The molecular weight excluding hydrogens is 257 g/mol. The molecule has 0 aliphatic carbocycles. The average molecular weight is 268 g/mol. The van der Waals surface area contributed by atoms with Crippen LogP contribution in [0.2, 0.25) is 0 Å². The van der Waals surface area contributed by atoms with Gasteiger partial charge in [0.2, 0.25) is 0 Å². The molecule has 0 fully saturated rings. The molecule has 0 N–H and O–H groups in total. The molecule has 0 aliphatic rings. The Morgan fingerprint density at radius 3 is 1.94 bits per heavy atom. The third kappa shape index (κ3) is 3.71. The van der Waals surface area contributed by atoms with Crippen molar-refractivity contribution in [3.8, 4) is 0 Å². The first kappa shape index (κ1) is 14.0.